The van der Waals surface area contributed by atoms with Crippen LogP contribution in [0, 0.1) is 0 Å². The average molecular weight is 319 g/mol. The van der Waals surface area contributed by atoms with E-state index < -0.39 is 0 Å². The summed E-state index contributed by atoms with van der Waals surface area (Å²) in [6.07, 6.45) is 5.15. The van der Waals surface area contributed by atoms with Gasteiger partial charge in [-0.15, -0.1) is 0 Å². The summed E-state index contributed by atoms with van der Waals surface area (Å²) in [7, 11) is 3.22. The zero-order chi connectivity index (χ0) is 16.2. The van der Waals surface area contributed by atoms with Crippen LogP contribution in [0.15, 0.2) is 18.2 Å². The molecule has 126 valence electrons. The highest BCUT2D eigenvalue weighted by atomic mass is 16.5. The molecular weight excluding hydrogens is 294 g/mol. The van der Waals surface area contributed by atoms with E-state index in [-0.39, 0.29) is 18.1 Å². The molecule has 1 saturated heterocycles. The molecule has 0 spiro atoms. The number of ether oxygens (including phenoxy) is 3. The molecule has 1 aliphatic heterocycles. The summed E-state index contributed by atoms with van der Waals surface area (Å²) in [5.41, 5.74) is 0.950. The van der Waals surface area contributed by atoms with Gasteiger partial charge in [0.05, 0.1) is 39.4 Å². The van der Waals surface area contributed by atoms with Gasteiger partial charge in [-0.05, 0) is 30.5 Å². The Morgan fingerprint density at radius 2 is 2.00 bits per heavy atom. The number of amides is 1. The summed E-state index contributed by atoms with van der Waals surface area (Å²) in [4.78, 5) is 14.8. The molecule has 2 fully saturated rings. The van der Waals surface area contributed by atoms with Crippen molar-refractivity contribution in [2.24, 2.45) is 0 Å². The number of carbonyl (C=O) groups excluding carboxylic acids is 1. The van der Waals surface area contributed by atoms with Crippen LogP contribution in [0.3, 0.4) is 0 Å². The third-order valence-electron chi connectivity index (χ3n) is 4.86. The third-order valence-corrected chi connectivity index (χ3v) is 4.86. The van der Waals surface area contributed by atoms with Crippen molar-refractivity contribution in [2.45, 2.75) is 44.2 Å². The van der Waals surface area contributed by atoms with Gasteiger partial charge in [-0.25, -0.2) is 0 Å². The zero-order valence-corrected chi connectivity index (χ0v) is 13.9. The smallest absolute Gasteiger partial charge is 0.227 e. The fraction of sp³-hybridized carbons (Fsp3) is 0.611. The monoisotopic (exact) mass is 319 g/mol. The molecule has 5 heteroatoms. The molecule has 3 rings (SSSR count). The molecule has 0 aromatic heterocycles. The van der Waals surface area contributed by atoms with E-state index in [9.17, 15) is 4.79 Å². The number of carbonyl (C=O) groups is 1. The standard InChI is InChI=1S/C18H25NO4/c1-21-16-8-7-13(11-17(16)22-2)12-18(20)19-9-10-23-15-6-4-3-5-14(15)19/h7-8,11,14-15H,3-6,9-10,12H2,1-2H3/t14-,15-/m1/s1. The van der Waals surface area contributed by atoms with Crippen LogP contribution < -0.4 is 9.47 Å². The van der Waals surface area contributed by atoms with E-state index in [0.717, 1.165) is 18.4 Å². The van der Waals surface area contributed by atoms with Gasteiger partial charge in [0.15, 0.2) is 11.5 Å². The Bertz CT molecular complexity index is 558. The van der Waals surface area contributed by atoms with Gasteiger partial charge in [0.25, 0.3) is 0 Å². The second-order valence-corrected chi connectivity index (χ2v) is 6.21. The first kappa shape index (κ1) is 16.1. The first-order valence-corrected chi connectivity index (χ1v) is 8.35. The van der Waals surface area contributed by atoms with Crippen molar-refractivity contribution in [3.63, 3.8) is 0 Å². The van der Waals surface area contributed by atoms with Crippen LogP contribution in [-0.2, 0) is 16.0 Å². The van der Waals surface area contributed by atoms with Crippen LogP contribution in [0.4, 0.5) is 0 Å². The van der Waals surface area contributed by atoms with Gasteiger partial charge in [-0.2, -0.15) is 0 Å². The van der Waals surface area contributed by atoms with Crippen molar-refractivity contribution in [3.05, 3.63) is 23.8 Å². The molecule has 23 heavy (non-hydrogen) atoms. The van der Waals surface area contributed by atoms with Crippen molar-refractivity contribution in [1.82, 2.24) is 4.90 Å². The fourth-order valence-electron chi connectivity index (χ4n) is 3.67. The highest BCUT2D eigenvalue weighted by Crippen LogP contribution is 2.30. The summed E-state index contributed by atoms with van der Waals surface area (Å²) < 4.78 is 16.4. The zero-order valence-electron chi connectivity index (χ0n) is 13.9. The Hall–Kier alpha value is -1.75. The molecule has 1 aliphatic carbocycles. The van der Waals surface area contributed by atoms with Crippen LogP contribution in [0.1, 0.15) is 31.2 Å². The molecule has 1 aromatic rings. The van der Waals surface area contributed by atoms with Crippen LogP contribution >= 0.6 is 0 Å². The molecule has 2 aliphatic rings. The lowest BCUT2D eigenvalue weighted by Gasteiger charge is -2.43. The number of hydrogen-bond donors (Lipinski definition) is 0. The Kier molecular flexibility index (Phi) is 5.06. The van der Waals surface area contributed by atoms with Crippen molar-refractivity contribution in [1.29, 1.82) is 0 Å². The minimum atomic E-state index is 0.178. The maximum Gasteiger partial charge on any atom is 0.227 e. The van der Waals surface area contributed by atoms with Gasteiger partial charge < -0.3 is 19.1 Å². The first-order valence-electron chi connectivity index (χ1n) is 8.35. The Morgan fingerprint density at radius 3 is 2.78 bits per heavy atom. The SMILES string of the molecule is COc1ccc(CC(=O)N2CCO[C@@H]3CCCC[C@H]32)cc1OC. The molecule has 0 N–H and O–H groups in total. The van der Waals surface area contributed by atoms with Crippen molar-refractivity contribution >= 4 is 5.91 Å². The normalized spacial score (nSPS) is 24.0. The predicted octanol–water partition coefficient (Wildman–Crippen LogP) is 2.42. The topological polar surface area (TPSA) is 48.0 Å². The molecule has 5 nitrogen and oxygen atoms in total. The minimum absolute atomic E-state index is 0.178. The van der Waals surface area contributed by atoms with E-state index >= 15 is 0 Å². The quantitative estimate of drug-likeness (QED) is 0.855. The lowest BCUT2D eigenvalue weighted by Crippen LogP contribution is -2.55. The molecule has 1 heterocycles. The lowest BCUT2D eigenvalue weighted by molar-refractivity contribution is -0.148. The average Bonchev–Trinajstić information content (AvgIpc) is 2.61. The molecule has 1 aromatic carbocycles. The molecule has 0 radical (unpaired) electrons. The summed E-state index contributed by atoms with van der Waals surface area (Å²) in [6, 6.07) is 5.92. The van der Waals surface area contributed by atoms with Gasteiger partial charge in [-0.3, -0.25) is 4.79 Å². The van der Waals surface area contributed by atoms with Crippen molar-refractivity contribution in [3.8, 4) is 11.5 Å². The highest BCUT2D eigenvalue weighted by molar-refractivity contribution is 5.79. The third kappa shape index (κ3) is 3.44. The number of rotatable bonds is 4. The summed E-state index contributed by atoms with van der Waals surface area (Å²) >= 11 is 0. The molecule has 0 unspecified atom stereocenters. The Labute approximate surface area is 137 Å². The van der Waals surface area contributed by atoms with Crippen LogP contribution in [0.5, 0.6) is 11.5 Å². The van der Waals surface area contributed by atoms with Gasteiger partial charge in [0.2, 0.25) is 5.91 Å². The maximum atomic E-state index is 12.8. The largest absolute Gasteiger partial charge is 0.493 e. The fourth-order valence-corrected chi connectivity index (χ4v) is 3.67. The minimum Gasteiger partial charge on any atom is -0.493 e. The van der Waals surface area contributed by atoms with Gasteiger partial charge in [0, 0.05) is 6.54 Å². The number of morpholine rings is 1. The second-order valence-electron chi connectivity index (χ2n) is 6.21. The van der Waals surface area contributed by atoms with Gasteiger partial charge in [-0.1, -0.05) is 18.9 Å². The summed E-state index contributed by atoms with van der Waals surface area (Å²) in [6.45, 7) is 1.35. The Morgan fingerprint density at radius 1 is 1.22 bits per heavy atom. The van der Waals surface area contributed by atoms with Gasteiger partial charge >= 0.3 is 0 Å². The second kappa shape index (κ2) is 7.21. The highest BCUT2D eigenvalue weighted by Gasteiger charge is 2.36. The molecule has 1 amide bonds. The number of benzene rings is 1. The van der Waals surface area contributed by atoms with E-state index in [1.807, 2.05) is 23.1 Å². The van der Waals surface area contributed by atoms with E-state index in [4.69, 9.17) is 14.2 Å². The number of nitrogens with zero attached hydrogens (tertiary/aromatic N) is 1. The summed E-state index contributed by atoms with van der Waals surface area (Å²) in [5, 5.41) is 0. The maximum absolute atomic E-state index is 12.8. The summed E-state index contributed by atoms with van der Waals surface area (Å²) in [5.74, 6) is 1.52. The Balaban J connectivity index is 1.70. The number of methoxy groups -OCH3 is 2. The molecule has 1 saturated carbocycles. The number of hydrogen-bond acceptors (Lipinski definition) is 4. The molecule has 0 bridgehead atoms. The van der Waals surface area contributed by atoms with E-state index in [1.54, 1.807) is 14.2 Å². The van der Waals surface area contributed by atoms with Crippen LogP contribution in [-0.4, -0.2) is 50.3 Å². The van der Waals surface area contributed by atoms with Gasteiger partial charge in [0.1, 0.15) is 0 Å². The van der Waals surface area contributed by atoms with Crippen LogP contribution in [0.2, 0.25) is 0 Å². The van der Waals surface area contributed by atoms with Crippen molar-refractivity contribution in [2.75, 3.05) is 27.4 Å². The van der Waals surface area contributed by atoms with E-state index in [1.165, 1.54) is 12.8 Å². The lowest BCUT2D eigenvalue weighted by atomic mass is 9.90. The van der Waals surface area contributed by atoms with Crippen molar-refractivity contribution < 1.29 is 19.0 Å². The van der Waals surface area contributed by atoms with E-state index in [0.29, 0.717) is 31.1 Å². The molecule has 2 atom stereocenters. The first-order chi connectivity index (χ1) is 11.2. The predicted molar refractivity (Wildman–Crippen MR) is 87.0 cm³/mol. The number of fused-ring (bicyclic) bond motifs is 1. The molecular formula is C18H25NO4. The van der Waals surface area contributed by atoms with E-state index in [2.05, 4.69) is 0 Å². The van der Waals surface area contributed by atoms with Crippen LogP contribution in [0.25, 0.3) is 0 Å².